The number of nitrogens with one attached hydrogen (secondary N) is 2. The molecule has 0 fully saturated rings. The lowest BCUT2D eigenvalue weighted by Crippen LogP contribution is -2.37. The summed E-state index contributed by atoms with van der Waals surface area (Å²) in [6.45, 7) is 1.12. The second-order valence-electron chi connectivity index (χ2n) is 3.69. The summed E-state index contributed by atoms with van der Waals surface area (Å²) in [5.41, 5.74) is 1.78. The number of anilines is 1. The summed E-state index contributed by atoms with van der Waals surface area (Å²) in [6.07, 6.45) is 0. The van der Waals surface area contributed by atoms with Crippen molar-refractivity contribution in [3.8, 4) is 5.75 Å². The van der Waals surface area contributed by atoms with E-state index >= 15 is 0 Å². The summed E-state index contributed by atoms with van der Waals surface area (Å²) in [7, 11) is 1.37. The van der Waals surface area contributed by atoms with Crippen molar-refractivity contribution in [2.75, 3.05) is 19.0 Å². The van der Waals surface area contributed by atoms with E-state index in [4.69, 9.17) is 4.74 Å². The minimum absolute atomic E-state index is 0.221. The number of rotatable bonds is 1. The lowest BCUT2D eigenvalue weighted by molar-refractivity contribution is -0.141. The molecule has 0 unspecified atom stereocenters. The normalized spacial score (nSPS) is 19.2. The van der Waals surface area contributed by atoms with Crippen molar-refractivity contribution >= 4 is 11.7 Å². The zero-order valence-electron chi connectivity index (χ0n) is 8.99. The van der Waals surface area contributed by atoms with Gasteiger partial charge in [-0.3, -0.25) is 0 Å². The number of hydrogen-bond acceptors (Lipinski definition) is 5. The van der Waals surface area contributed by atoms with Gasteiger partial charge in [-0.25, -0.2) is 4.79 Å². The molecule has 0 spiro atoms. The fourth-order valence-electron chi connectivity index (χ4n) is 1.74. The molecule has 1 aliphatic heterocycles. The Kier molecular flexibility index (Phi) is 2.96. The van der Waals surface area contributed by atoms with Crippen LogP contribution in [0.3, 0.4) is 0 Å². The van der Waals surface area contributed by atoms with Crippen LogP contribution < -0.4 is 10.6 Å². The van der Waals surface area contributed by atoms with Gasteiger partial charge >= 0.3 is 5.97 Å². The Morgan fingerprint density at radius 2 is 2.38 bits per heavy atom. The largest absolute Gasteiger partial charge is 0.508 e. The molecule has 1 heterocycles. The molecule has 0 bridgehead atoms. The number of benzene rings is 1. The lowest BCUT2D eigenvalue weighted by Gasteiger charge is -2.15. The first-order valence-electron chi connectivity index (χ1n) is 5.07. The molecule has 0 radical (unpaired) electrons. The Morgan fingerprint density at radius 3 is 3.12 bits per heavy atom. The highest BCUT2D eigenvalue weighted by Gasteiger charge is 2.22. The summed E-state index contributed by atoms with van der Waals surface area (Å²) in [5.74, 6) is -0.0766. The van der Waals surface area contributed by atoms with E-state index in [0.717, 1.165) is 11.3 Å². The Labute approximate surface area is 93.4 Å². The monoisotopic (exact) mass is 222 g/mol. The Hall–Kier alpha value is -1.75. The van der Waals surface area contributed by atoms with Crippen molar-refractivity contribution in [3.05, 3.63) is 23.8 Å². The molecule has 2 rings (SSSR count). The minimum atomic E-state index is -0.393. The van der Waals surface area contributed by atoms with Crippen molar-refractivity contribution in [1.29, 1.82) is 0 Å². The van der Waals surface area contributed by atoms with Gasteiger partial charge in [0.15, 0.2) is 0 Å². The fourth-order valence-corrected chi connectivity index (χ4v) is 1.74. The number of fused-ring (bicyclic) bond motifs is 1. The zero-order valence-corrected chi connectivity index (χ0v) is 8.99. The molecule has 0 saturated heterocycles. The number of aromatic hydroxyl groups is 1. The third kappa shape index (κ3) is 2.09. The number of phenolic OH excluding ortho intramolecular Hbond substituents is 1. The molecular weight excluding hydrogens is 208 g/mol. The molecule has 5 heteroatoms. The van der Waals surface area contributed by atoms with Crippen LogP contribution in [0, 0.1) is 0 Å². The Balaban J connectivity index is 2.24. The molecule has 16 heavy (non-hydrogen) atoms. The maximum atomic E-state index is 11.4. The molecule has 1 atom stereocenters. The quantitative estimate of drug-likeness (QED) is 0.475. The average molecular weight is 222 g/mol. The third-order valence-electron chi connectivity index (χ3n) is 2.57. The molecular formula is C11H14N2O3. The van der Waals surface area contributed by atoms with Gasteiger partial charge in [-0.15, -0.1) is 0 Å². The smallest absolute Gasteiger partial charge is 0.329 e. The maximum Gasteiger partial charge on any atom is 0.329 e. The maximum absolute atomic E-state index is 11.4. The minimum Gasteiger partial charge on any atom is -0.508 e. The molecule has 1 aromatic rings. The van der Waals surface area contributed by atoms with Crippen LogP contribution in [0.5, 0.6) is 5.75 Å². The Bertz CT molecular complexity index is 406. The van der Waals surface area contributed by atoms with Gasteiger partial charge in [0, 0.05) is 18.8 Å². The predicted molar refractivity (Wildman–Crippen MR) is 59.2 cm³/mol. The van der Waals surface area contributed by atoms with Crippen LogP contribution in [0.25, 0.3) is 0 Å². The number of esters is 1. The summed E-state index contributed by atoms with van der Waals surface area (Å²) in [4.78, 5) is 11.4. The van der Waals surface area contributed by atoms with E-state index in [2.05, 4.69) is 10.6 Å². The number of phenols is 1. The van der Waals surface area contributed by atoms with Crippen molar-refractivity contribution in [2.24, 2.45) is 0 Å². The first-order chi connectivity index (χ1) is 7.70. The van der Waals surface area contributed by atoms with Gasteiger partial charge in [-0.1, -0.05) is 0 Å². The van der Waals surface area contributed by atoms with Crippen LogP contribution in [-0.2, 0) is 16.1 Å². The van der Waals surface area contributed by atoms with Crippen molar-refractivity contribution in [2.45, 2.75) is 12.6 Å². The van der Waals surface area contributed by atoms with Gasteiger partial charge in [-0.05, 0) is 23.8 Å². The van der Waals surface area contributed by atoms with Crippen molar-refractivity contribution in [3.63, 3.8) is 0 Å². The van der Waals surface area contributed by atoms with E-state index in [9.17, 15) is 9.90 Å². The first-order valence-corrected chi connectivity index (χ1v) is 5.07. The van der Waals surface area contributed by atoms with Crippen LogP contribution >= 0.6 is 0 Å². The molecule has 0 aliphatic carbocycles. The highest BCUT2D eigenvalue weighted by Crippen LogP contribution is 2.23. The summed E-state index contributed by atoms with van der Waals surface area (Å²) >= 11 is 0. The average Bonchev–Trinajstić information content (AvgIpc) is 2.49. The number of carbonyl (C=O) groups excluding carboxylic acids is 1. The highest BCUT2D eigenvalue weighted by molar-refractivity contribution is 5.80. The SMILES string of the molecule is COC(=O)[C@@H]1CNCc2cc(O)ccc2N1. The van der Waals surface area contributed by atoms with Gasteiger partial charge in [-0.2, -0.15) is 0 Å². The molecule has 1 aliphatic rings. The number of methoxy groups -OCH3 is 1. The third-order valence-corrected chi connectivity index (χ3v) is 2.57. The molecule has 3 N–H and O–H groups in total. The van der Waals surface area contributed by atoms with E-state index < -0.39 is 6.04 Å². The van der Waals surface area contributed by atoms with Gasteiger partial charge in [0.2, 0.25) is 0 Å². The molecule has 0 saturated carbocycles. The molecule has 0 amide bonds. The summed E-state index contributed by atoms with van der Waals surface area (Å²) in [6, 6.07) is 4.63. The summed E-state index contributed by atoms with van der Waals surface area (Å²) < 4.78 is 4.69. The van der Waals surface area contributed by atoms with Gasteiger partial charge < -0.3 is 20.5 Å². The molecule has 1 aromatic carbocycles. The van der Waals surface area contributed by atoms with Crippen LogP contribution in [0.1, 0.15) is 5.56 Å². The fraction of sp³-hybridized carbons (Fsp3) is 0.364. The Morgan fingerprint density at radius 1 is 1.56 bits per heavy atom. The van der Waals surface area contributed by atoms with Crippen LogP contribution in [0.4, 0.5) is 5.69 Å². The second kappa shape index (κ2) is 4.40. The first kappa shape index (κ1) is 10.8. The topological polar surface area (TPSA) is 70.6 Å². The van der Waals surface area contributed by atoms with Crippen LogP contribution in [0.15, 0.2) is 18.2 Å². The van der Waals surface area contributed by atoms with E-state index in [1.807, 2.05) is 0 Å². The number of hydrogen-bond donors (Lipinski definition) is 3. The number of ether oxygens (including phenoxy) is 1. The van der Waals surface area contributed by atoms with E-state index in [0.29, 0.717) is 13.1 Å². The number of carbonyl (C=O) groups is 1. The van der Waals surface area contributed by atoms with Crippen molar-refractivity contribution in [1.82, 2.24) is 5.32 Å². The van der Waals surface area contributed by atoms with Gasteiger partial charge in [0.25, 0.3) is 0 Å². The van der Waals surface area contributed by atoms with Crippen molar-refractivity contribution < 1.29 is 14.6 Å². The standard InChI is InChI=1S/C11H14N2O3/c1-16-11(15)10-6-12-5-7-4-8(14)2-3-9(7)13-10/h2-4,10,12-14H,5-6H2,1H3/t10-/m0/s1. The molecule has 5 nitrogen and oxygen atoms in total. The van der Waals surface area contributed by atoms with Gasteiger partial charge in [0.1, 0.15) is 11.8 Å². The predicted octanol–water partition coefficient (Wildman–Crippen LogP) is 0.449. The molecule has 0 aromatic heterocycles. The van der Waals surface area contributed by atoms with Crippen LogP contribution in [-0.4, -0.2) is 30.8 Å². The highest BCUT2D eigenvalue weighted by atomic mass is 16.5. The lowest BCUT2D eigenvalue weighted by atomic mass is 10.1. The van der Waals surface area contributed by atoms with Crippen LogP contribution in [0.2, 0.25) is 0 Å². The zero-order chi connectivity index (χ0) is 11.5. The summed E-state index contributed by atoms with van der Waals surface area (Å²) in [5, 5.41) is 15.6. The van der Waals surface area contributed by atoms with E-state index in [-0.39, 0.29) is 11.7 Å². The second-order valence-corrected chi connectivity index (χ2v) is 3.69. The van der Waals surface area contributed by atoms with E-state index in [1.165, 1.54) is 7.11 Å². The van der Waals surface area contributed by atoms with E-state index in [1.54, 1.807) is 18.2 Å². The molecule has 86 valence electrons. The van der Waals surface area contributed by atoms with Gasteiger partial charge in [0.05, 0.1) is 7.11 Å².